The number of carbonyl (C=O) groups excluding carboxylic acids is 1. The average Bonchev–Trinajstić information content (AvgIpc) is 2.38. The first kappa shape index (κ1) is 15.3. The molecule has 0 aromatic heterocycles. The number of hydrogen-bond acceptors (Lipinski definition) is 3. The van der Waals surface area contributed by atoms with Crippen LogP contribution >= 0.6 is 0 Å². The Morgan fingerprint density at radius 1 is 1.42 bits per heavy atom. The molecule has 1 aromatic rings. The van der Waals surface area contributed by atoms with Gasteiger partial charge in [0.05, 0.1) is 20.1 Å². The van der Waals surface area contributed by atoms with Crippen molar-refractivity contribution in [3.63, 3.8) is 0 Å². The third-order valence-corrected chi connectivity index (χ3v) is 2.99. The van der Waals surface area contributed by atoms with Crippen molar-refractivity contribution in [1.82, 2.24) is 0 Å². The SMILES string of the molecule is C/C=C/[C@H](CC(=O)OCC)c1ccc(OC)cc1C. The van der Waals surface area contributed by atoms with E-state index in [4.69, 9.17) is 9.47 Å². The van der Waals surface area contributed by atoms with Crippen molar-refractivity contribution in [3.8, 4) is 5.75 Å². The van der Waals surface area contributed by atoms with E-state index in [0.29, 0.717) is 13.0 Å². The lowest BCUT2D eigenvalue weighted by atomic mass is 9.91. The van der Waals surface area contributed by atoms with Crippen LogP contribution in [0.5, 0.6) is 5.75 Å². The Hall–Kier alpha value is -1.77. The summed E-state index contributed by atoms with van der Waals surface area (Å²) in [6, 6.07) is 5.92. The van der Waals surface area contributed by atoms with E-state index in [-0.39, 0.29) is 11.9 Å². The van der Waals surface area contributed by atoms with E-state index in [2.05, 4.69) is 0 Å². The molecule has 0 bridgehead atoms. The van der Waals surface area contributed by atoms with E-state index in [9.17, 15) is 4.79 Å². The molecule has 1 aromatic carbocycles. The smallest absolute Gasteiger partial charge is 0.306 e. The number of rotatable bonds is 6. The summed E-state index contributed by atoms with van der Waals surface area (Å²) in [6.45, 7) is 6.22. The van der Waals surface area contributed by atoms with Crippen molar-refractivity contribution in [1.29, 1.82) is 0 Å². The van der Waals surface area contributed by atoms with Crippen LogP contribution in [0.4, 0.5) is 0 Å². The maximum atomic E-state index is 11.7. The molecule has 1 rings (SSSR count). The van der Waals surface area contributed by atoms with E-state index in [1.54, 1.807) is 7.11 Å². The Morgan fingerprint density at radius 3 is 2.68 bits per heavy atom. The maximum absolute atomic E-state index is 11.7. The predicted octanol–water partition coefficient (Wildman–Crippen LogP) is 3.62. The van der Waals surface area contributed by atoms with Crippen molar-refractivity contribution < 1.29 is 14.3 Å². The highest BCUT2D eigenvalue weighted by Crippen LogP contribution is 2.28. The minimum Gasteiger partial charge on any atom is -0.497 e. The van der Waals surface area contributed by atoms with Gasteiger partial charge in [-0.15, -0.1) is 0 Å². The summed E-state index contributed by atoms with van der Waals surface area (Å²) in [7, 11) is 1.65. The number of benzene rings is 1. The van der Waals surface area contributed by atoms with Gasteiger partial charge in [0.25, 0.3) is 0 Å². The van der Waals surface area contributed by atoms with Gasteiger partial charge in [-0.1, -0.05) is 18.2 Å². The van der Waals surface area contributed by atoms with Crippen molar-refractivity contribution in [2.24, 2.45) is 0 Å². The van der Waals surface area contributed by atoms with Crippen LogP contribution in [0, 0.1) is 6.92 Å². The van der Waals surface area contributed by atoms with E-state index >= 15 is 0 Å². The number of aryl methyl sites for hydroxylation is 1. The van der Waals surface area contributed by atoms with Gasteiger partial charge >= 0.3 is 5.97 Å². The number of esters is 1. The molecule has 0 saturated carbocycles. The quantitative estimate of drug-likeness (QED) is 0.580. The molecule has 0 unspecified atom stereocenters. The molecule has 19 heavy (non-hydrogen) atoms. The third-order valence-electron chi connectivity index (χ3n) is 2.99. The summed E-state index contributed by atoms with van der Waals surface area (Å²) >= 11 is 0. The molecule has 0 aliphatic heterocycles. The minimum atomic E-state index is -0.166. The van der Waals surface area contributed by atoms with Gasteiger partial charge in [0.2, 0.25) is 0 Å². The molecule has 1 atom stereocenters. The average molecular weight is 262 g/mol. The molecule has 0 spiro atoms. The highest BCUT2D eigenvalue weighted by Gasteiger charge is 2.16. The summed E-state index contributed by atoms with van der Waals surface area (Å²) in [5.41, 5.74) is 2.25. The van der Waals surface area contributed by atoms with Gasteiger partial charge < -0.3 is 9.47 Å². The molecule has 104 valence electrons. The summed E-state index contributed by atoms with van der Waals surface area (Å²) in [5.74, 6) is 0.715. The first-order valence-corrected chi connectivity index (χ1v) is 6.55. The zero-order valence-electron chi connectivity index (χ0n) is 12.1. The highest BCUT2D eigenvalue weighted by atomic mass is 16.5. The minimum absolute atomic E-state index is 0.0509. The van der Waals surface area contributed by atoms with Gasteiger partial charge in [0, 0.05) is 5.92 Å². The lowest BCUT2D eigenvalue weighted by Gasteiger charge is -2.16. The van der Waals surface area contributed by atoms with Crippen molar-refractivity contribution >= 4 is 5.97 Å². The molecule has 0 N–H and O–H groups in total. The van der Waals surface area contributed by atoms with Gasteiger partial charge in [-0.2, -0.15) is 0 Å². The fourth-order valence-corrected chi connectivity index (χ4v) is 2.10. The van der Waals surface area contributed by atoms with Crippen LogP contribution in [0.25, 0.3) is 0 Å². The van der Waals surface area contributed by atoms with Gasteiger partial charge in [-0.05, 0) is 44.0 Å². The van der Waals surface area contributed by atoms with Gasteiger partial charge in [-0.25, -0.2) is 0 Å². The first-order valence-electron chi connectivity index (χ1n) is 6.55. The second kappa shape index (κ2) is 7.62. The Morgan fingerprint density at radius 2 is 2.16 bits per heavy atom. The zero-order valence-corrected chi connectivity index (χ0v) is 12.1. The van der Waals surface area contributed by atoms with E-state index < -0.39 is 0 Å². The Kier molecular flexibility index (Phi) is 6.13. The fraction of sp³-hybridized carbons (Fsp3) is 0.438. The van der Waals surface area contributed by atoms with Crippen LogP contribution in [-0.2, 0) is 9.53 Å². The normalized spacial score (nSPS) is 12.4. The fourth-order valence-electron chi connectivity index (χ4n) is 2.10. The van der Waals surface area contributed by atoms with Crippen molar-refractivity contribution in [2.75, 3.05) is 13.7 Å². The predicted molar refractivity (Wildman–Crippen MR) is 76.5 cm³/mol. The van der Waals surface area contributed by atoms with Crippen molar-refractivity contribution in [2.45, 2.75) is 33.1 Å². The van der Waals surface area contributed by atoms with Crippen LogP contribution < -0.4 is 4.74 Å². The molecular formula is C16H22O3. The van der Waals surface area contributed by atoms with E-state index in [1.165, 1.54) is 0 Å². The third kappa shape index (κ3) is 4.43. The standard InChI is InChI=1S/C16H22O3/c1-5-7-13(11-16(17)19-6-2)15-9-8-14(18-4)10-12(15)3/h5,7-10,13H,6,11H2,1-4H3/b7-5+/t13-/m1/s1. The van der Waals surface area contributed by atoms with Crippen LogP contribution in [0.1, 0.15) is 37.3 Å². The van der Waals surface area contributed by atoms with Crippen LogP contribution in [0.15, 0.2) is 30.4 Å². The Bertz CT molecular complexity index is 449. The second-order valence-electron chi connectivity index (χ2n) is 4.36. The number of carbonyl (C=O) groups is 1. The molecular weight excluding hydrogens is 240 g/mol. The topological polar surface area (TPSA) is 35.5 Å². The van der Waals surface area contributed by atoms with Gasteiger partial charge in [0.15, 0.2) is 0 Å². The second-order valence-corrected chi connectivity index (χ2v) is 4.36. The maximum Gasteiger partial charge on any atom is 0.306 e. The number of ether oxygens (including phenoxy) is 2. The molecule has 0 heterocycles. The Balaban J connectivity index is 2.95. The highest BCUT2D eigenvalue weighted by molar-refractivity contribution is 5.71. The molecule has 0 aliphatic carbocycles. The van der Waals surface area contributed by atoms with E-state index in [1.807, 2.05) is 51.1 Å². The largest absolute Gasteiger partial charge is 0.497 e. The molecule has 3 heteroatoms. The van der Waals surface area contributed by atoms with Crippen LogP contribution in [-0.4, -0.2) is 19.7 Å². The molecule has 0 radical (unpaired) electrons. The summed E-state index contributed by atoms with van der Waals surface area (Å²) < 4.78 is 10.2. The molecule has 0 aliphatic rings. The Labute approximate surface area is 115 Å². The zero-order chi connectivity index (χ0) is 14.3. The molecule has 0 saturated heterocycles. The van der Waals surface area contributed by atoms with Crippen LogP contribution in [0.2, 0.25) is 0 Å². The molecule has 3 nitrogen and oxygen atoms in total. The monoisotopic (exact) mass is 262 g/mol. The van der Waals surface area contributed by atoms with Gasteiger partial charge in [-0.3, -0.25) is 4.79 Å². The summed E-state index contributed by atoms with van der Waals surface area (Å²) in [4.78, 5) is 11.7. The summed E-state index contributed by atoms with van der Waals surface area (Å²) in [5, 5.41) is 0. The van der Waals surface area contributed by atoms with Crippen molar-refractivity contribution in [3.05, 3.63) is 41.5 Å². The lowest BCUT2D eigenvalue weighted by molar-refractivity contribution is -0.143. The molecule has 0 fully saturated rings. The first-order chi connectivity index (χ1) is 9.12. The number of methoxy groups -OCH3 is 1. The van der Waals surface area contributed by atoms with E-state index in [0.717, 1.165) is 16.9 Å². The van der Waals surface area contributed by atoms with Crippen LogP contribution in [0.3, 0.4) is 0 Å². The number of allylic oxidation sites excluding steroid dienone is 2. The lowest BCUT2D eigenvalue weighted by Crippen LogP contribution is -2.10. The molecule has 0 amide bonds. The summed E-state index contributed by atoms with van der Waals surface area (Å²) in [6.07, 6.45) is 4.37. The van der Waals surface area contributed by atoms with Gasteiger partial charge in [0.1, 0.15) is 5.75 Å². The number of hydrogen-bond donors (Lipinski definition) is 0.